The molecule has 0 fully saturated rings. The van der Waals surface area contributed by atoms with Gasteiger partial charge >= 0.3 is 0 Å². The first-order chi connectivity index (χ1) is 8.13. The average molecular weight is 243 g/mol. The van der Waals surface area contributed by atoms with Crippen LogP contribution in [0.15, 0.2) is 18.2 Å². The van der Waals surface area contributed by atoms with Gasteiger partial charge in [0.05, 0.1) is 12.1 Å². The van der Waals surface area contributed by atoms with Gasteiger partial charge in [0, 0.05) is 7.11 Å². The Morgan fingerprint density at radius 1 is 1.29 bits per heavy atom. The van der Waals surface area contributed by atoms with E-state index in [9.17, 15) is 8.78 Å². The van der Waals surface area contributed by atoms with Crippen LogP contribution in [0.4, 0.5) is 8.78 Å². The molecule has 2 atom stereocenters. The molecular formula is C13H19F2NO. The number of benzene rings is 1. The Hall–Kier alpha value is -1.00. The molecule has 0 aromatic heterocycles. The van der Waals surface area contributed by atoms with Crippen LogP contribution in [-0.4, -0.2) is 20.3 Å². The van der Waals surface area contributed by atoms with E-state index in [0.717, 1.165) is 18.9 Å². The van der Waals surface area contributed by atoms with Crippen molar-refractivity contribution in [3.8, 4) is 0 Å². The predicted molar refractivity (Wildman–Crippen MR) is 63.9 cm³/mol. The summed E-state index contributed by atoms with van der Waals surface area (Å²) >= 11 is 0. The van der Waals surface area contributed by atoms with Crippen LogP contribution in [-0.2, 0) is 4.74 Å². The van der Waals surface area contributed by atoms with Crippen molar-refractivity contribution in [2.45, 2.75) is 31.9 Å². The van der Waals surface area contributed by atoms with Crippen molar-refractivity contribution < 1.29 is 13.5 Å². The van der Waals surface area contributed by atoms with Crippen LogP contribution in [0, 0.1) is 11.6 Å². The molecule has 0 aliphatic carbocycles. The summed E-state index contributed by atoms with van der Waals surface area (Å²) in [6.45, 7) is 2.06. The average Bonchev–Trinajstić information content (AvgIpc) is 2.33. The van der Waals surface area contributed by atoms with Gasteiger partial charge in [0.25, 0.3) is 0 Å². The van der Waals surface area contributed by atoms with E-state index in [2.05, 4.69) is 12.2 Å². The first kappa shape index (κ1) is 14.1. The Balaban J connectivity index is 2.95. The molecule has 1 aromatic carbocycles. The van der Waals surface area contributed by atoms with E-state index in [4.69, 9.17) is 4.74 Å². The van der Waals surface area contributed by atoms with Crippen LogP contribution in [0.1, 0.15) is 31.4 Å². The molecule has 0 saturated carbocycles. The van der Waals surface area contributed by atoms with Crippen LogP contribution >= 0.6 is 0 Å². The summed E-state index contributed by atoms with van der Waals surface area (Å²) in [4.78, 5) is 0. The molecule has 0 radical (unpaired) electrons. The van der Waals surface area contributed by atoms with Gasteiger partial charge in [0.1, 0.15) is 0 Å². The molecule has 1 aromatic rings. The van der Waals surface area contributed by atoms with Gasteiger partial charge < -0.3 is 10.1 Å². The van der Waals surface area contributed by atoms with Gasteiger partial charge in [-0.15, -0.1) is 0 Å². The summed E-state index contributed by atoms with van der Waals surface area (Å²) in [5.41, 5.74) is 0.701. The zero-order valence-electron chi connectivity index (χ0n) is 10.5. The van der Waals surface area contributed by atoms with Crippen molar-refractivity contribution in [3.05, 3.63) is 35.4 Å². The van der Waals surface area contributed by atoms with E-state index in [1.165, 1.54) is 6.07 Å². The lowest BCUT2D eigenvalue weighted by Crippen LogP contribution is -2.31. The van der Waals surface area contributed by atoms with E-state index in [-0.39, 0.29) is 12.1 Å². The third kappa shape index (κ3) is 3.48. The maximum atomic E-state index is 13.2. The molecule has 0 amide bonds. The zero-order valence-corrected chi connectivity index (χ0v) is 10.5. The topological polar surface area (TPSA) is 21.3 Å². The normalized spacial score (nSPS) is 14.6. The van der Waals surface area contributed by atoms with Crippen LogP contribution in [0.25, 0.3) is 0 Å². The molecule has 0 spiro atoms. The molecule has 4 heteroatoms. The molecule has 0 saturated heterocycles. The standard InChI is InChI=1S/C13H19F2NO/c1-4-5-12(17-3)13(16-2)9-6-7-10(14)11(15)8-9/h6-8,12-13,16H,4-5H2,1-3H3. The summed E-state index contributed by atoms with van der Waals surface area (Å²) in [6, 6.07) is 3.82. The lowest BCUT2D eigenvalue weighted by Gasteiger charge is -2.26. The van der Waals surface area contributed by atoms with Gasteiger partial charge in [-0.25, -0.2) is 8.78 Å². The monoisotopic (exact) mass is 243 g/mol. The minimum atomic E-state index is -0.826. The van der Waals surface area contributed by atoms with Gasteiger partial charge in [0.2, 0.25) is 0 Å². The molecule has 96 valence electrons. The molecule has 1 N–H and O–H groups in total. The minimum Gasteiger partial charge on any atom is -0.379 e. The lowest BCUT2D eigenvalue weighted by molar-refractivity contribution is 0.0629. The summed E-state index contributed by atoms with van der Waals surface area (Å²) in [5, 5.41) is 3.09. The fourth-order valence-corrected chi connectivity index (χ4v) is 1.98. The first-order valence-electron chi connectivity index (χ1n) is 5.79. The van der Waals surface area contributed by atoms with E-state index in [1.807, 2.05) is 0 Å². The number of halogens is 2. The van der Waals surface area contributed by atoms with Gasteiger partial charge in [-0.2, -0.15) is 0 Å². The van der Waals surface area contributed by atoms with E-state index in [1.54, 1.807) is 20.2 Å². The van der Waals surface area contributed by atoms with E-state index >= 15 is 0 Å². The second-order valence-corrected chi connectivity index (χ2v) is 4.00. The third-order valence-electron chi connectivity index (χ3n) is 2.86. The largest absolute Gasteiger partial charge is 0.379 e. The first-order valence-corrected chi connectivity index (χ1v) is 5.79. The number of hydrogen-bond donors (Lipinski definition) is 1. The van der Waals surface area contributed by atoms with Gasteiger partial charge in [0.15, 0.2) is 11.6 Å². The van der Waals surface area contributed by atoms with Crippen molar-refractivity contribution in [1.29, 1.82) is 0 Å². The molecule has 2 nitrogen and oxygen atoms in total. The van der Waals surface area contributed by atoms with Crippen LogP contribution in [0.3, 0.4) is 0 Å². The van der Waals surface area contributed by atoms with Gasteiger partial charge in [-0.05, 0) is 31.2 Å². The molecule has 0 aliphatic rings. The summed E-state index contributed by atoms with van der Waals surface area (Å²) in [6.07, 6.45) is 1.79. The Kier molecular flexibility index (Phi) is 5.51. The van der Waals surface area contributed by atoms with Crippen molar-refractivity contribution >= 4 is 0 Å². The highest BCUT2D eigenvalue weighted by Crippen LogP contribution is 2.23. The Labute approximate surface area is 101 Å². The highest BCUT2D eigenvalue weighted by molar-refractivity contribution is 5.22. The molecular weight excluding hydrogens is 224 g/mol. The van der Waals surface area contributed by atoms with Crippen molar-refractivity contribution in [1.82, 2.24) is 5.32 Å². The molecule has 0 bridgehead atoms. The fraction of sp³-hybridized carbons (Fsp3) is 0.538. The van der Waals surface area contributed by atoms with E-state index < -0.39 is 11.6 Å². The second kappa shape index (κ2) is 6.67. The predicted octanol–water partition coefficient (Wildman–Crippen LogP) is 3.04. The number of hydrogen-bond acceptors (Lipinski definition) is 2. The highest BCUT2D eigenvalue weighted by atomic mass is 19.2. The molecule has 17 heavy (non-hydrogen) atoms. The smallest absolute Gasteiger partial charge is 0.159 e. The molecule has 0 heterocycles. The van der Waals surface area contributed by atoms with Gasteiger partial charge in [-0.1, -0.05) is 19.4 Å². The second-order valence-electron chi connectivity index (χ2n) is 4.00. The van der Waals surface area contributed by atoms with Crippen molar-refractivity contribution in [2.24, 2.45) is 0 Å². The quantitative estimate of drug-likeness (QED) is 0.829. The minimum absolute atomic E-state index is 0.0464. The number of methoxy groups -OCH3 is 1. The summed E-state index contributed by atoms with van der Waals surface area (Å²) in [5.74, 6) is -1.65. The fourth-order valence-electron chi connectivity index (χ4n) is 1.98. The Bertz CT molecular complexity index is 357. The number of likely N-dealkylation sites (N-methyl/N-ethyl adjacent to an activating group) is 1. The van der Waals surface area contributed by atoms with E-state index in [0.29, 0.717) is 5.56 Å². The summed E-state index contributed by atoms with van der Waals surface area (Å²) < 4.78 is 31.4. The number of rotatable bonds is 6. The Morgan fingerprint density at radius 3 is 2.47 bits per heavy atom. The number of nitrogens with one attached hydrogen (secondary N) is 1. The maximum Gasteiger partial charge on any atom is 0.159 e. The van der Waals surface area contributed by atoms with Crippen LogP contribution in [0.2, 0.25) is 0 Å². The van der Waals surface area contributed by atoms with Crippen molar-refractivity contribution in [3.63, 3.8) is 0 Å². The maximum absolute atomic E-state index is 13.2. The SMILES string of the molecule is CCCC(OC)C(NC)c1ccc(F)c(F)c1. The lowest BCUT2D eigenvalue weighted by atomic mass is 9.98. The zero-order chi connectivity index (χ0) is 12.8. The highest BCUT2D eigenvalue weighted by Gasteiger charge is 2.21. The summed E-state index contributed by atoms with van der Waals surface area (Å²) in [7, 11) is 3.41. The van der Waals surface area contributed by atoms with Crippen molar-refractivity contribution in [2.75, 3.05) is 14.2 Å². The molecule has 0 aliphatic heterocycles. The van der Waals surface area contributed by atoms with Crippen LogP contribution < -0.4 is 5.32 Å². The molecule has 1 rings (SSSR count). The number of ether oxygens (including phenoxy) is 1. The van der Waals surface area contributed by atoms with Gasteiger partial charge in [-0.3, -0.25) is 0 Å². The third-order valence-corrected chi connectivity index (χ3v) is 2.86. The Morgan fingerprint density at radius 2 is 2.00 bits per heavy atom. The molecule has 2 unspecified atom stereocenters. The van der Waals surface area contributed by atoms with Crippen LogP contribution in [0.5, 0.6) is 0 Å².